The lowest BCUT2D eigenvalue weighted by Gasteiger charge is -2.35. The van der Waals surface area contributed by atoms with E-state index >= 15 is 0 Å². The highest BCUT2D eigenvalue weighted by Crippen LogP contribution is 2.14. The molecule has 1 aliphatic heterocycles. The van der Waals surface area contributed by atoms with Crippen molar-refractivity contribution in [3.63, 3.8) is 0 Å². The fourth-order valence-electron chi connectivity index (χ4n) is 3.37. The molecular weight excluding hydrogens is 387 g/mol. The number of amides is 1. The average molecular weight is 415 g/mol. The zero-order valence-corrected chi connectivity index (χ0v) is 17.7. The Morgan fingerprint density at radius 1 is 1.14 bits per heavy atom. The number of nitrogens with zero attached hydrogens (tertiary/aromatic N) is 3. The molecule has 2 aromatic rings. The molecule has 5 nitrogen and oxygen atoms in total. The predicted molar refractivity (Wildman–Crippen MR) is 118 cm³/mol. The number of para-hydroxylation sites is 1. The number of anilines is 1. The molecule has 0 atom stereocenters. The summed E-state index contributed by atoms with van der Waals surface area (Å²) < 4.78 is 13.8. The molecular formula is C22H27FN4OS. The van der Waals surface area contributed by atoms with E-state index in [4.69, 9.17) is 12.2 Å². The first-order valence-electron chi connectivity index (χ1n) is 9.74. The van der Waals surface area contributed by atoms with Gasteiger partial charge in [0.2, 0.25) is 5.91 Å². The molecule has 0 spiro atoms. The van der Waals surface area contributed by atoms with Crippen molar-refractivity contribution >= 4 is 28.9 Å². The summed E-state index contributed by atoms with van der Waals surface area (Å²) in [7, 11) is 1.74. The van der Waals surface area contributed by atoms with Crippen LogP contribution in [-0.4, -0.2) is 65.5 Å². The van der Waals surface area contributed by atoms with Gasteiger partial charge in [-0.2, -0.15) is 0 Å². The van der Waals surface area contributed by atoms with Gasteiger partial charge in [-0.15, -0.1) is 0 Å². The number of aryl methyl sites for hydroxylation is 1. The van der Waals surface area contributed by atoms with Gasteiger partial charge in [0.25, 0.3) is 0 Å². The third-order valence-electron chi connectivity index (χ3n) is 5.05. The molecule has 0 radical (unpaired) electrons. The second-order valence-corrected chi connectivity index (χ2v) is 7.80. The summed E-state index contributed by atoms with van der Waals surface area (Å²) in [6, 6.07) is 14.9. The largest absolute Gasteiger partial charge is 0.343 e. The first kappa shape index (κ1) is 21.2. The Kier molecular flexibility index (Phi) is 7.17. The normalized spacial score (nSPS) is 14.5. The van der Waals surface area contributed by atoms with E-state index in [0.29, 0.717) is 23.9 Å². The molecule has 154 valence electrons. The lowest BCUT2D eigenvalue weighted by atomic mass is 10.1. The number of benzene rings is 2. The number of nitrogens with one attached hydrogen (secondary N) is 1. The molecule has 0 aliphatic carbocycles. The van der Waals surface area contributed by atoms with Crippen molar-refractivity contribution < 1.29 is 9.18 Å². The number of piperazine rings is 1. The molecule has 2 aromatic carbocycles. The zero-order valence-electron chi connectivity index (χ0n) is 16.9. The maximum Gasteiger partial charge on any atom is 0.242 e. The molecule has 1 aliphatic rings. The van der Waals surface area contributed by atoms with E-state index in [1.54, 1.807) is 30.1 Å². The maximum atomic E-state index is 13.8. The number of likely N-dealkylation sites (N-methyl/N-ethyl adjacent to an activating group) is 1. The summed E-state index contributed by atoms with van der Waals surface area (Å²) in [4.78, 5) is 18.5. The van der Waals surface area contributed by atoms with Crippen LogP contribution in [0.3, 0.4) is 0 Å². The van der Waals surface area contributed by atoms with Crippen LogP contribution in [0, 0.1) is 12.7 Å². The summed E-state index contributed by atoms with van der Waals surface area (Å²) in [6.45, 7) is 6.27. The van der Waals surface area contributed by atoms with E-state index in [1.165, 1.54) is 17.2 Å². The van der Waals surface area contributed by atoms with Gasteiger partial charge in [-0.25, -0.2) is 4.39 Å². The fourth-order valence-corrected chi connectivity index (χ4v) is 3.55. The van der Waals surface area contributed by atoms with Crippen molar-refractivity contribution in [2.45, 2.75) is 13.5 Å². The van der Waals surface area contributed by atoms with Crippen LogP contribution in [0.15, 0.2) is 48.5 Å². The van der Waals surface area contributed by atoms with Crippen molar-refractivity contribution in [2.24, 2.45) is 0 Å². The van der Waals surface area contributed by atoms with Crippen LogP contribution in [0.1, 0.15) is 11.1 Å². The van der Waals surface area contributed by atoms with E-state index in [2.05, 4.69) is 41.4 Å². The van der Waals surface area contributed by atoms with E-state index in [9.17, 15) is 9.18 Å². The first-order chi connectivity index (χ1) is 13.9. The molecule has 0 aromatic heterocycles. The Labute approximate surface area is 177 Å². The van der Waals surface area contributed by atoms with Gasteiger partial charge in [0.05, 0.1) is 12.2 Å². The minimum atomic E-state index is -0.376. The van der Waals surface area contributed by atoms with Crippen LogP contribution in [0.4, 0.5) is 10.1 Å². The van der Waals surface area contributed by atoms with Gasteiger partial charge in [-0.3, -0.25) is 9.69 Å². The highest BCUT2D eigenvalue weighted by Gasteiger charge is 2.22. The first-order valence-corrected chi connectivity index (χ1v) is 10.2. The minimum Gasteiger partial charge on any atom is -0.343 e. The second kappa shape index (κ2) is 9.80. The molecule has 1 saturated heterocycles. The zero-order chi connectivity index (χ0) is 20.8. The molecule has 0 unspecified atom stereocenters. The van der Waals surface area contributed by atoms with Crippen LogP contribution in [0.25, 0.3) is 0 Å². The summed E-state index contributed by atoms with van der Waals surface area (Å²) in [5.74, 6) is -0.348. The molecule has 29 heavy (non-hydrogen) atoms. The molecule has 1 amide bonds. The standard InChI is InChI=1S/C22H27FN4OS/c1-17-6-5-7-18(14-17)15-26-10-12-27(13-11-26)21(28)16-25(2)22(29)24-20-9-4-3-8-19(20)23/h3-9,14H,10-13,15-16H2,1-2H3,(H,24,29). The average Bonchev–Trinajstić information content (AvgIpc) is 2.70. The fraction of sp³-hybridized carbons (Fsp3) is 0.364. The Bertz CT molecular complexity index is 867. The summed E-state index contributed by atoms with van der Waals surface area (Å²) in [6.07, 6.45) is 0. The summed E-state index contributed by atoms with van der Waals surface area (Å²) in [5, 5.41) is 3.18. The Morgan fingerprint density at radius 2 is 1.86 bits per heavy atom. The molecule has 3 rings (SSSR count). The SMILES string of the molecule is Cc1cccc(CN2CCN(C(=O)CN(C)C(=S)Nc3ccccc3F)CC2)c1. The Hall–Kier alpha value is -2.51. The highest BCUT2D eigenvalue weighted by atomic mass is 32.1. The third-order valence-corrected chi connectivity index (χ3v) is 5.46. The van der Waals surface area contributed by atoms with Gasteiger partial charge in [0, 0.05) is 39.8 Å². The number of hydrogen-bond donors (Lipinski definition) is 1. The predicted octanol–water partition coefficient (Wildman–Crippen LogP) is 3.11. The molecule has 1 heterocycles. The van der Waals surface area contributed by atoms with Crippen LogP contribution < -0.4 is 5.32 Å². The molecule has 0 bridgehead atoms. The Morgan fingerprint density at radius 3 is 2.55 bits per heavy atom. The van der Waals surface area contributed by atoms with Gasteiger partial charge in [-0.05, 0) is 36.8 Å². The van der Waals surface area contributed by atoms with Crippen molar-refractivity contribution in [2.75, 3.05) is 45.1 Å². The number of halogens is 1. The van der Waals surface area contributed by atoms with Crippen molar-refractivity contribution in [1.82, 2.24) is 14.7 Å². The topological polar surface area (TPSA) is 38.8 Å². The monoisotopic (exact) mass is 414 g/mol. The van der Waals surface area contributed by atoms with Gasteiger partial charge in [0.15, 0.2) is 5.11 Å². The van der Waals surface area contributed by atoms with Gasteiger partial charge < -0.3 is 15.1 Å². The van der Waals surface area contributed by atoms with Gasteiger partial charge in [0.1, 0.15) is 5.82 Å². The molecule has 1 N–H and O–H groups in total. The van der Waals surface area contributed by atoms with Crippen LogP contribution in [0.5, 0.6) is 0 Å². The van der Waals surface area contributed by atoms with Crippen LogP contribution in [-0.2, 0) is 11.3 Å². The third kappa shape index (κ3) is 5.98. The second-order valence-electron chi connectivity index (χ2n) is 7.41. The minimum absolute atomic E-state index is 0.0281. The molecule has 7 heteroatoms. The van der Waals surface area contributed by atoms with Gasteiger partial charge >= 0.3 is 0 Å². The van der Waals surface area contributed by atoms with E-state index in [0.717, 1.165) is 19.6 Å². The summed E-state index contributed by atoms with van der Waals surface area (Å²) in [5.41, 5.74) is 2.87. The van der Waals surface area contributed by atoms with Crippen molar-refractivity contribution in [3.05, 3.63) is 65.5 Å². The van der Waals surface area contributed by atoms with E-state index in [1.807, 2.05) is 4.90 Å². The van der Waals surface area contributed by atoms with Crippen molar-refractivity contribution in [3.8, 4) is 0 Å². The highest BCUT2D eigenvalue weighted by molar-refractivity contribution is 7.80. The lowest BCUT2D eigenvalue weighted by Crippen LogP contribution is -2.51. The Balaban J connectivity index is 1.45. The smallest absolute Gasteiger partial charge is 0.242 e. The number of rotatable bonds is 5. The number of hydrogen-bond acceptors (Lipinski definition) is 3. The van der Waals surface area contributed by atoms with Gasteiger partial charge in [-0.1, -0.05) is 42.0 Å². The maximum absolute atomic E-state index is 13.8. The summed E-state index contributed by atoms with van der Waals surface area (Å²) >= 11 is 5.31. The van der Waals surface area contributed by atoms with E-state index < -0.39 is 0 Å². The number of carbonyl (C=O) groups excluding carboxylic acids is 1. The lowest BCUT2D eigenvalue weighted by molar-refractivity contribution is -0.133. The quantitative estimate of drug-likeness (QED) is 0.762. The molecule has 0 saturated carbocycles. The van der Waals surface area contributed by atoms with Crippen LogP contribution in [0.2, 0.25) is 0 Å². The molecule has 1 fully saturated rings. The number of carbonyl (C=O) groups is 1. The van der Waals surface area contributed by atoms with E-state index in [-0.39, 0.29) is 18.3 Å². The van der Waals surface area contributed by atoms with Crippen LogP contribution >= 0.6 is 12.2 Å². The number of thiocarbonyl (C=S) groups is 1. The van der Waals surface area contributed by atoms with Crippen molar-refractivity contribution in [1.29, 1.82) is 0 Å².